The molecule has 1 amide bonds. The maximum absolute atomic E-state index is 11.6. The second kappa shape index (κ2) is 6.41. The van der Waals surface area contributed by atoms with E-state index in [1.165, 1.54) is 6.07 Å². The van der Waals surface area contributed by atoms with Crippen molar-refractivity contribution < 1.29 is 13.9 Å². The van der Waals surface area contributed by atoms with Gasteiger partial charge in [0.05, 0.1) is 0 Å². The minimum atomic E-state index is -0.738. The van der Waals surface area contributed by atoms with Gasteiger partial charge < -0.3 is 9.15 Å². The van der Waals surface area contributed by atoms with Crippen LogP contribution in [0.2, 0.25) is 0 Å². The molecular formula is C15H18N2O4. The first kappa shape index (κ1) is 15.1. The van der Waals surface area contributed by atoms with Crippen LogP contribution in [0.4, 0.5) is 0 Å². The molecule has 0 fully saturated rings. The van der Waals surface area contributed by atoms with Crippen molar-refractivity contribution in [2.75, 3.05) is 0 Å². The number of ether oxygens (including phenoxy) is 1. The van der Waals surface area contributed by atoms with E-state index in [-0.39, 0.29) is 0 Å². The van der Waals surface area contributed by atoms with Crippen LogP contribution in [0.15, 0.2) is 33.5 Å². The third-order valence-electron chi connectivity index (χ3n) is 3.15. The van der Waals surface area contributed by atoms with Crippen LogP contribution in [-0.4, -0.2) is 12.0 Å². The van der Waals surface area contributed by atoms with Crippen LogP contribution in [0.5, 0.6) is 5.75 Å². The highest BCUT2D eigenvalue weighted by Gasteiger charge is 2.14. The molecule has 0 aliphatic rings. The fourth-order valence-corrected chi connectivity index (χ4v) is 2.13. The van der Waals surface area contributed by atoms with Crippen LogP contribution in [0.25, 0.3) is 11.0 Å². The number of amides is 1. The minimum absolute atomic E-state index is 0.393. The van der Waals surface area contributed by atoms with E-state index in [2.05, 4.69) is 0 Å². The SMILES string of the molecule is CCCc1cc(=O)oc2cc(O[C@@H](C)C(=O)NN)ccc12. The predicted molar refractivity (Wildman–Crippen MR) is 78.9 cm³/mol. The smallest absolute Gasteiger partial charge is 0.336 e. The monoisotopic (exact) mass is 290 g/mol. The normalized spacial score (nSPS) is 12.1. The average Bonchev–Trinajstić information content (AvgIpc) is 2.46. The molecule has 1 aromatic carbocycles. The molecule has 2 rings (SSSR count). The Bertz CT molecular complexity index is 708. The van der Waals surface area contributed by atoms with E-state index >= 15 is 0 Å². The second-order valence-corrected chi connectivity index (χ2v) is 4.77. The lowest BCUT2D eigenvalue weighted by Gasteiger charge is -2.13. The summed E-state index contributed by atoms with van der Waals surface area (Å²) in [7, 11) is 0. The van der Waals surface area contributed by atoms with Crippen LogP contribution in [-0.2, 0) is 11.2 Å². The van der Waals surface area contributed by atoms with E-state index < -0.39 is 17.6 Å². The molecule has 0 saturated heterocycles. The first-order chi connectivity index (χ1) is 10.0. The van der Waals surface area contributed by atoms with Crippen molar-refractivity contribution in [1.29, 1.82) is 0 Å². The minimum Gasteiger partial charge on any atom is -0.481 e. The maximum Gasteiger partial charge on any atom is 0.336 e. The lowest BCUT2D eigenvalue weighted by atomic mass is 10.1. The van der Waals surface area contributed by atoms with Gasteiger partial charge in [-0.15, -0.1) is 0 Å². The highest BCUT2D eigenvalue weighted by molar-refractivity contribution is 5.82. The third kappa shape index (κ3) is 3.41. The molecule has 21 heavy (non-hydrogen) atoms. The van der Waals surface area contributed by atoms with Gasteiger partial charge >= 0.3 is 5.63 Å². The Labute approximate surface area is 121 Å². The Morgan fingerprint density at radius 1 is 1.43 bits per heavy atom. The van der Waals surface area contributed by atoms with Crippen LogP contribution in [0.1, 0.15) is 25.8 Å². The molecule has 1 aromatic heterocycles. The average molecular weight is 290 g/mol. The molecule has 1 atom stereocenters. The van der Waals surface area contributed by atoms with E-state index in [0.29, 0.717) is 11.3 Å². The number of hydrogen-bond acceptors (Lipinski definition) is 5. The molecule has 0 unspecified atom stereocenters. The quantitative estimate of drug-likeness (QED) is 0.376. The molecule has 6 heteroatoms. The third-order valence-corrected chi connectivity index (χ3v) is 3.15. The van der Waals surface area contributed by atoms with Crippen LogP contribution in [0.3, 0.4) is 0 Å². The van der Waals surface area contributed by atoms with Crippen molar-refractivity contribution in [2.24, 2.45) is 5.84 Å². The Balaban J connectivity index is 2.38. The zero-order valence-corrected chi connectivity index (χ0v) is 12.0. The van der Waals surface area contributed by atoms with Crippen molar-refractivity contribution >= 4 is 16.9 Å². The fraction of sp³-hybridized carbons (Fsp3) is 0.333. The van der Waals surface area contributed by atoms with E-state index in [9.17, 15) is 9.59 Å². The van der Waals surface area contributed by atoms with Gasteiger partial charge in [-0.25, -0.2) is 10.6 Å². The summed E-state index contributed by atoms with van der Waals surface area (Å²) in [6.07, 6.45) is 0.997. The molecule has 1 heterocycles. The summed E-state index contributed by atoms with van der Waals surface area (Å²) in [6, 6.07) is 6.68. The molecule has 6 nitrogen and oxygen atoms in total. The number of rotatable bonds is 5. The van der Waals surface area contributed by atoms with Gasteiger partial charge in [0.25, 0.3) is 5.91 Å². The van der Waals surface area contributed by atoms with Gasteiger partial charge in [-0.1, -0.05) is 13.3 Å². The molecule has 0 spiro atoms. The maximum atomic E-state index is 11.6. The van der Waals surface area contributed by atoms with Crippen molar-refractivity contribution in [3.63, 3.8) is 0 Å². The number of nitrogens with one attached hydrogen (secondary N) is 1. The molecular weight excluding hydrogens is 272 g/mol. The summed E-state index contributed by atoms with van der Waals surface area (Å²) >= 11 is 0. The van der Waals surface area contributed by atoms with E-state index in [4.69, 9.17) is 15.0 Å². The molecule has 3 N–H and O–H groups in total. The standard InChI is InChI=1S/C15H18N2O4/c1-3-4-10-7-14(18)21-13-8-11(5-6-12(10)13)20-9(2)15(19)17-16/h5-9H,3-4,16H2,1-2H3,(H,17,19)/t9-/m0/s1. The number of hydrazine groups is 1. The fourth-order valence-electron chi connectivity index (χ4n) is 2.13. The Hall–Kier alpha value is -2.34. The number of carbonyl (C=O) groups excluding carboxylic acids is 1. The zero-order valence-electron chi connectivity index (χ0n) is 12.0. The first-order valence-corrected chi connectivity index (χ1v) is 6.79. The Morgan fingerprint density at radius 3 is 2.86 bits per heavy atom. The number of fused-ring (bicyclic) bond motifs is 1. The van der Waals surface area contributed by atoms with Crippen LogP contribution in [0, 0.1) is 0 Å². The van der Waals surface area contributed by atoms with Gasteiger partial charge in [-0.2, -0.15) is 0 Å². The van der Waals surface area contributed by atoms with E-state index in [0.717, 1.165) is 23.8 Å². The summed E-state index contributed by atoms with van der Waals surface area (Å²) < 4.78 is 10.7. The van der Waals surface area contributed by atoms with Gasteiger partial charge in [0.1, 0.15) is 11.3 Å². The number of nitrogens with two attached hydrogens (primary N) is 1. The summed E-state index contributed by atoms with van der Waals surface area (Å²) in [6.45, 7) is 3.63. The number of benzene rings is 1. The zero-order chi connectivity index (χ0) is 15.4. The molecule has 2 aromatic rings. The lowest BCUT2D eigenvalue weighted by Crippen LogP contribution is -2.40. The highest BCUT2D eigenvalue weighted by atomic mass is 16.5. The van der Waals surface area contributed by atoms with Crippen LogP contribution >= 0.6 is 0 Å². The molecule has 0 radical (unpaired) electrons. The van der Waals surface area contributed by atoms with Crippen molar-refractivity contribution in [3.05, 3.63) is 40.2 Å². The van der Waals surface area contributed by atoms with E-state index in [1.54, 1.807) is 19.1 Å². The molecule has 0 aliphatic carbocycles. The van der Waals surface area contributed by atoms with Gasteiger partial charge in [0.2, 0.25) is 0 Å². The molecule has 0 saturated carbocycles. The van der Waals surface area contributed by atoms with Gasteiger partial charge in [-0.05, 0) is 31.0 Å². The molecule has 0 aliphatic heterocycles. The number of hydrogen-bond donors (Lipinski definition) is 2. The first-order valence-electron chi connectivity index (χ1n) is 6.79. The van der Waals surface area contributed by atoms with E-state index in [1.807, 2.05) is 18.4 Å². The van der Waals surface area contributed by atoms with Gasteiger partial charge in [-0.3, -0.25) is 10.2 Å². The van der Waals surface area contributed by atoms with Gasteiger partial charge in [0, 0.05) is 17.5 Å². The largest absolute Gasteiger partial charge is 0.481 e. The van der Waals surface area contributed by atoms with Crippen molar-refractivity contribution in [2.45, 2.75) is 32.8 Å². The van der Waals surface area contributed by atoms with Crippen molar-refractivity contribution in [3.8, 4) is 5.75 Å². The topological polar surface area (TPSA) is 94.6 Å². The Kier molecular flexibility index (Phi) is 4.59. The lowest BCUT2D eigenvalue weighted by molar-refractivity contribution is -0.127. The summed E-state index contributed by atoms with van der Waals surface area (Å²) in [5.74, 6) is 5.06. The number of carbonyl (C=O) groups is 1. The summed E-state index contributed by atoms with van der Waals surface area (Å²) in [4.78, 5) is 22.9. The van der Waals surface area contributed by atoms with Gasteiger partial charge in [0.15, 0.2) is 6.10 Å². The number of aryl methyl sites for hydroxylation is 1. The van der Waals surface area contributed by atoms with Crippen LogP contribution < -0.4 is 21.6 Å². The Morgan fingerprint density at radius 2 is 2.19 bits per heavy atom. The molecule has 0 bridgehead atoms. The second-order valence-electron chi connectivity index (χ2n) is 4.77. The predicted octanol–water partition coefficient (Wildman–Crippen LogP) is 1.50. The highest BCUT2D eigenvalue weighted by Crippen LogP contribution is 2.24. The summed E-state index contributed by atoms with van der Waals surface area (Å²) in [5.41, 5.74) is 3.02. The van der Waals surface area contributed by atoms with Crippen molar-refractivity contribution in [1.82, 2.24) is 5.43 Å². The summed E-state index contributed by atoms with van der Waals surface area (Å²) in [5, 5.41) is 0.875. The molecule has 112 valence electrons.